The highest BCUT2D eigenvalue weighted by Gasteiger charge is 2.33. The molecule has 1 aliphatic carbocycles. The molecule has 0 aromatic heterocycles. The highest BCUT2D eigenvalue weighted by atomic mass is 16.2. The van der Waals surface area contributed by atoms with Gasteiger partial charge < -0.3 is 10.6 Å². The summed E-state index contributed by atoms with van der Waals surface area (Å²) in [6.45, 7) is 6.60. The van der Waals surface area contributed by atoms with Crippen LogP contribution in [0.5, 0.6) is 0 Å². The van der Waals surface area contributed by atoms with E-state index in [9.17, 15) is 4.79 Å². The Labute approximate surface area is 115 Å². The first-order valence-electron chi connectivity index (χ1n) is 6.99. The van der Waals surface area contributed by atoms with Crippen molar-refractivity contribution in [2.45, 2.75) is 58.2 Å². The number of amides is 1. The van der Waals surface area contributed by atoms with Crippen LogP contribution >= 0.6 is 0 Å². The van der Waals surface area contributed by atoms with E-state index in [0.29, 0.717) is 19.0 Å². The van der Waals surface area contributed by atoms with E-state index in [-0.39, 0.29) is 5.91 Å². The molecule has 3 heteroatoms. The average Bonchev–Trinajstić information content (AvgIpc) is 3.07. The first-order chi connectivity index (χ1) is 8.85. The molecule has 0 aliphatic heterocycles. The smallest absolute Gasteiger partial charge is 0.224 e. The molecule has 0 unspecified atom stereocenters. The topological polar surface area (TPSA) is 46.3 Å². The van der Waals surface area contributed by atoms with Crippen LogP contribution in [0.25, 0.3) is 0 Å². The predicted octanol–water partition coefficient (Wildman–Crippen LogP) is 2.61. The summed E-state index contributed by atoms with van der Waals surface area (Å²) in [4.78, 5) is 14.4. The van der Waals surface area contributed by atoms with Crippen molar-refractivity contribution in [3.05, 3.63) is 35.4 Å². The first kappa shape index (κ1) is 14.1. The molecule has 0 spiro atoms. The summed E-state index contributed by atoms with van der Waals surface area (Å²) in [6.07, 6.45) is 2.67. The van der Waals surface area contributed by atoms with Crippen LogP contribution in [0, 0.1) is 6.92 Å². The molecule has 0 heterocycles. The van der Waals surface area contributed by atoms with Crippen LogP contribution in [0.1, 0.15) is 44.2 Å². The summed E-state index contributed by atoms with van der Waals surface area (Å²) < 4.78 is 0. The molecule has 19 heavy (non-hydrogen) atoms. The number of rotatable bonds is 5. The van der Waals surface area contributed by atoms with Crippen molar-refractivity contribution in [1.29, 1.82) is 0 Å². The molecule has 0 radical (unpaired) electrons. The van der Waals surface area contributed by atoms with Crippen LogP contribution in [0.2, 0.25) is 0 Å². The number of carbonyl (C=O) groups excluding carboxylic acids is 1. The van der Waals surface area contributed by atoms with Gasteiger partial charge >= 0.3 is 0 Å². The molecule has 1 amide bonds. The molecule has 0 atom stereocenters. The lowest BCUT2D eigenvalue weighted by atomic mass is 10.0. The Balaban J connectivity index is 2.06. The van der Waals surface area contributed by atoms with Gasteiger partial charge in [-0.2, -0.15) is 0 Å². The molecular formula is C16H24N2O. The summed E-state index contributed by atoms with van der Waals surface area (Å²) in [5.41, 5.74) is 7.97. The van der Waals surface area contributed by atoms with E-state index in [1.54, 1.807) is 0 Å². The minimum Gasteiger partial charge on any atom is -0.335 e. The normalized spacial score (nSPS) is 15.4. The largest absolute Gasteiger partial charge is 0.335 e. The Morgan fingerprint density at radius 3 is 2.63 bits per heavy atom. The molecule has 1 aliphatic rings. The van der Waals surface area contributed by atoms with E-state index in [1.165, 1.54) is 11.1 Å². The molecule has 104 valence electrons. The SMILES string of the molecule is Cc1cccc(CN(C(=O)CC(C)(C)N)C2CC2)c1. The van der Waals surface area contributed by atoms with E-state index < -0.39 is 5.54 Å². The lowest BCUT2D eigenvalue weighted by Gasteiger charge is -2.27. The lowest BCUT2D eigenvalue weighted by molar-refractivity contribution is -0.133. The van der Waals surface area contributed by atoms with Crippen LogP contribution in [0.3, 0.4) is 0 Å². The van der Waals surface area contributed by atoms with Gasteiger partial charge in [0.05, 0.1) is 0 Å². The van der Waals surface area contributed by atoms with Crippen molar-refractivity contribution < 1.29 is 4.79 Å². The Bertz CT molecular complexity index is 458. The fourth-order valence-electron chi connectivity index (χ4n) is 2.31. The summed E-state index contributed by atoms with van der Waals surface area (Å²) in [5.74, 6) is 0.177. The summed E-state index contributed by atoms with van der Waals surface area (Å²) in [6, 6.07) is 8.79. The number of hydrogen-bond donors (Lipinski definition) is 1. The van der Waals surface area contributed by atoms with E-state index in [4.69, 9.17) is 5.73 Å². The first-order valence-corrected chi connectivity index (χ1v) is 6.99. The highest BCUT2D eigenvalue weighted by molar-refractivity contribution is 5.78. The summed E-state index contributed by atoms with van der Waals surface area (Å²) in [5, 5.41) is 0. The minimum atomic E-state index is -0.434. The number of carbonyl (C=O) groups is 1. The van der Waals surface area contributed by atoms with E-state index >= 15 is 0 Å². The summed E-state index contributed by atoms with van der Waals surface area (Å²) >= 11 is 0. The van der Waals surface area contributed by atoms with Gasteiger partial charge in [0, 0.05) is 24.5 Å². The highest BCUT2D eigenvalue weighted by Crippen LogP contribution is 2.29. The van der Waals surface area contributed by atoms with Crippen LogP contribution in [0.15, 0.2) is 24.3 Å². The van der Waals surface area contributed by atoms with Gasteiger partial charge in [-0.25, -0.2) is 0 Å². The number of nitrogens with two attached hydrogens (primary N) is 1. The molecule has 3 nitrogen and oxygen atoms in total. The maximum atomic E-state index is 12.4. The number of nitrogens with zero attached hydrogens (tertiary/aromatic N) is 1. The predicted molar refractivity (Wildman–Crippen MR) is 77.6 cm³/mol. The van der Waals surface area contributed by atoms with Crippen LogP contribution in [0.4, 0.5) is 0 Å². The zero-order valence-corrected chi connectivity index (χ0v) is 12.1. The molecule has 2 rings (SSSR count). The van der Waals surface area contributed by atoms with Crippen molar-refractivity contribution in [2.24, 2.45) is 5.73 Å². The fraction of sp³-hybridized carbons (Fsp3) is 0.562. The second-order valence-corrected chi connectivity index (χ2v) is 6.41. The van der Waals surface area contributed by atoms with Crippen LogP contribution < -0.4 is 5.73 Å². The van der Waals surface area contributed by atoms with Crippen LogP contribution in [-0.2, 0) is 11.3 Å². The Morgan fingerprint density at radius 2 is 2.11 bits per heavy atom. The zero-order valence-electron chi connectivity index (χ0n) is 12.1. The molecule has 1 aromatic carbocycles. The molecule has 0 bridgehead atoms. The standard InChI is InChI=1S/C16H24N2O/c1-12-5-4-6-13(9-12)11-18(14-7-8-14)15(19)10-16(2,3)17/h4-6,9,14H,7-8,10-11,17H2,1-3H3. The van der Waals surface area contributed by atoms with Crippen molar-refractivity contribution in [2.75, 3.05) is 0 Å². The fourth-order valence-corrected chi connectivity index (χ4v) is 2.31. The minimum absolute atomic E-state index is 0.177. The monoisotopic (exact) mass is 260 g/mol. The maximum absolute atomic E-state index is 12.4. The Morgan fingerprint density at radius 1 is 1.42 bits per heavy atom. The van der Waals surface area contributed by atoms with Gasteiger partial charge in [0.15, 0.2) is 0 Å². The number of benzene rings is 1. The van der Waals surface area contributed by atoms with Gasteiger partial charge in [0.2, 0.25) is 5.91 Å². The molecule has 1 saturated carbocycles. The van der Waals surface area contributed by atoms with Crippen molar-refractivity contribution in [1.82, 2.24) is 4.90 Å². The van der Waals surface area contributed by atoms with Crippen molar-refractivity contribution >= 4 is 5.91 Å². The maximum Gasteiger partial charge on any atom is 0.224 e. The summed E-state index contributed by atoms with van der Waals surface area (Å²) in [7, 11) is 0. The van der Waals surface area contributed by atoms with E-state index in [1.807, 2.05) is 24.8 Å². The average molecular weight is 260 g/mol. The van der Waals surface area contributed by atoms with Gasteiger partial charge in [-0.05, 0) is 39.2 Å². The Hall–Kier alpha value is -1.35. The zero-order chi connectivity index (χ0) is 14.0. The van der Waals surface area contributed by atoms with E-state index in [0.717, 1.165) is 12.8 Å². The lowest BCUT2D eigenvalue weighted by Crippen LogP contribution is -2.41. The molecule has 2 N–H and O–H groups in total. The van der Waals surface area contributed by atoms with Gasteiger partial charge in [-0.15, -0.1) is 0 Å². The second-order valence-electron chi connectivity index (χ2n) is 6.41. The Kier molecular flexibility index (Phi) is 3.95. The molecule has 0 saturated heterocycles. The molecular weight excluding hydrogens is 236 g/mol. The van der Waals surface area contributed by atoms with Crippen LogP contribution in [-0.4, -0.2) is 22.4 Å². The quantitative estimate of drug-likeness (QED) is 0.884. The second kappa shape index (κ2) is 5.33. The van der Waals surface area contributed by atoms with E-state index in [2.05, 4.69) is 25.1 Å². The third-order valence-corrected chi connectivity index (χ3v) is 3.35. The molecule has 1 fully saturated rings. The van der Waals surface area contributed by atoms with Gasteiger partial charge in [0.25, 0.3) is 0 Å². The van der Waals surface area contributed by atoms with Gasteiger partial charge in [-0.3, -0.25) is 4.79 Å². The van der Waals surface area contributed by atoms with Gasteiger partial charge in [-0.1, -0.05) is 29.8 Å². The third kappa shape index (κ3) is 4.35. The van der Waals surface area contributed by atoms with Crippen molar-refractivity contribution in [3.8, 4) is 0 Å². The molecule has 1 aromatic rings. The van der Waals surface area contributed by atoms with Crippen molar-refractivity contribution in [3.63, 3.8) is 0 Å². The van der Waals surface area contributed by atoms with Gasteiger partial charge in [0.1, 0.15) is 0 Å². The number of aryl methyl sites for hydroxylation is 1. The number of hydrogen-bond acceptors (Lipinski definition) is 2. The third-order valence-electron chi connectivity index (χ3n) is 3.35.